The van der Waals surface area contributed by atoms with Crippen LogP contribution in [0.2, 0.25) is 0 Å². The molecule has 1 aromatic heterocycles. The number of fused-ring (bicyclic) bond motifs is 13. The molecule has 1 heterocycles. The highest BCUT2D eigenvalue weighted by molar-refractivity contribution is 7.26. The van der Waals surface area contributed by atoms with E-state index in [1.165, 1.54) is 86.9 Å². The van der Waals surface area contributed by atoms with E-state index in [1.807, 2.05) is 11.3 Å². The van der Waals surface area contributed by atoms with E-state index in [4.69, 9.17) is 0 Å². The molecule has 0 bridgehead atoms. The van der Waals surface area contributed by atoms with Crippen LogP contribution in [0.15, 0.2) is 212 Å². The van der Waals surface area contributed by atoms with E-state index in [-0.39, 0.29) is 5.41 Å². The molecule has 0 aliphatic heterocycles. The Labute approximate surface area is 336 Å². The number of hydrogen-bond donors (Lipinski definition) is 0. The van der Waals surface area contributed by atoms with Crippen LogP contribution in [0.1, 0.15) is 22.3 Å². The Balaban J connectivity index is 1.10. The topological polar surface area (TPSA) is 3.24 Å². The molecule has 0 fully saturated rings. The molecule has 0 saturated carbocycles. The lowest BCUT2D eigenvalue weighted by molar-refractivity contribution is 0.794. The van der Waals surface area contributed by atoms with Crippen LogP contribution in [0.3, 0.4) is 0 Å². The number of nitrogens with zero attached hydrogens (tertiary/aromatic N) is 1. The molecular weight excluding hydrogens is 707 g/mol. The molecule has 2 heteroatoms. The standard InChI is InChI=1S/C55H35NS/c1-2-15-36(16-3-1)37-29-31-38(32-30-37)56(52-27-12-7-20-43(52)45-22-14-23-46-44-21-8-13-28-53(44)57-54(45)46)39-33-34-51-47(35-39)42-19-6-11-26-50(42)55(51)48-24-9-4-17-40(48)41-18-5-10-25-49(41)55/h1-35H. The number of benzene rings is 9. The van der Waals surface area contributed by atoms with Gasteiger partial charge >= 0.3 is 0 Å². The van der Waals surface area contributed by atoms with Gasteiger partial charge in [0, 0.05) is 42.7 Å². The van der Waals surface area contributed by atoms with Crippen molar-refractivity contribution in [3.05, 3.63) is 235 Å². The number of para-hydroxylation sites is 1. The second kappa shape index (κ2) is 12.5. The smallest absolute Gasteiger partial charge is 0.0725 e. The molecule has 1 nitrogen and oxygen atoms in total. The summed E-state index contributed by atoms with van der Waals surface area (Å²) >= 11 is 1.88. The van der Waals surface area contributed by atoms with Crippen molar-refractivity contribution in [1.82, 2.24) is 0 Å². The van der Waals surface area contributed by atoms with E-state index in [2.05, 4.69) is 217 Å². The summed E-state index contributed by atoms with van der Waals surface area (Å²) in [6.07, 6.45) is 0. The molecule has 0 atom stereocenters. The van der Waals surface area contributed by atoms with Crippen LogP contribution in [-0.4, -0.2) is 0 Å². The van der Waals surface area contributed by atoms with Gasteiger partial charge in [0.2, 0.25) is 0 Å². The highest BCUT2D eigenvalue weighted by Crippen LogP contribution is 2.63. The molecule has 12 rings (SSSR count). The summed E-state index contributed by atoms with van der Waals surface area (Å²) in [4.78, 5) is 2.47. The third-order valence-corrected chi connectivity index (χ3v) is 13.5. The van der Waals surface area contributed by atoms with Gasteiger partial charge in [-0.25, -0.2) is 0 Å². The van der Waals surface area contributed by atoms with Gasteiger partial charge in [-0.1, -0.05) is 176 Å². The number of anilines is 3. The minimum absolute atomic E-state index is 0.380. The van der Waals surface area contributed by atoms with E-state index < -0.39 is 0 Å². The van der Waals surface area contributed by atoms with Crippen LogP contribution in [0.25, 0.3) is 64.7 Å². The molecule has 57 heavy (non-hydrogen) atoms. The summed E-state index contributed by atoms with van der Waals surface area (Å²) in [6, 6.07) is 78.6. The average Bonchev–Trinajstić information content (AvgIpc) is 3.91. The first kappa shape index (κ1) is 32.3. The average molecular weight is 742 g/mol. The predicted octanol–water partition coefficient (Wildman–Crippen LogP) is 15.2. The number of hydrogen-bond acceptors (Lipinski definition) is 2. The van der Waals surface area contributed by atoms with Gasteiger partial charge in [-0.05, 0) is 92.0 Å². The molecule has 1 spiro atoms. The summed E-state index contributed by atoms with van der Waals surface area (Å²) < 4.78 is 2.63. The fourth-order valence-corrected chi connectivity index (χ4v) is 11.2. The zero-order valence-electron chi connectivity index (χ0n) is 31.1. The van der Waals surface area contributed by atoms with Crippen LogP contribution < -0.4 is 4.90 Å². The summed E-state index contributed by atoms with van der Waals surface area (Å²) in [5.41, 5.74) is 18.5. The Morgan fingerprint density at radius 1 is 0.333 bits per heavy atom. The second-order valence-corrected chi connectivity index (χ2v) is 16.2. The molecule has 0 radical (unpaired) electrons. The molecule has 2 aliphatic carbocycles. The fraction of sp³-hybridized carbons (Fsp3) is 0.0182. The minimum Gasteiger partial charge on any atom is -0.310 e. The van der Waals surface area contributed by atoms with Crippen LogP contribution in [0.4, 0.5) is 17.1 Å². The molecule has 10 aromatic rings. The molecule has 266 valence electrons. The van der Waals surface area contributed by atoms with E-state index in [0.717, 1.165) is 17.1 Å². The molecule has 0 saturated heterocycles. The van der Waals surface area contributed by atoms with E-state index >= 15 is 0 Å². The molecule has 2 aliphatic rings. The zero-order chi connectivity index (χ0) is 37.5. The van der Waals surface area contributed by atoms with Crippen LogP contribution in [0, 0.1) is 0 Å². The minimum atomic E-state index is -0.380. The summed E-state index contributed by atoms with van der Waals surface area (Å²) in [7, 11) is 0. The maximum Gasteiger partial charge on any atom is 0.0725 e. The van der Waals surface area contributed by atoms with Gasteiger partial charge in [0.05, 0.1) is 11.1 Å². The van der Waals surface area contributed by atoms with Gasteiger partial charge in [-0.15, -0.1) is 11.3 Å². The summed E-state index contributed by atoms with van der Waals surface area (Å²) in [6.45, 7) is 0. The highest BCUT2D eigenvalue weighted by Gasteiger charge is 2.51. The highest BCUT2D eigenvalue weighted by atomic mass is 32.1. The van der Waals surface area contributed by atoms with Crippen molar-refractivity contribution in [2.24, 2.45) is 0 Å². The van der Waals surface area contributed by atoms with Crippen molar-refractivity contribution in [2.75, 3.05) is 4.90 Å². The van der Waals surface area contributed by atoms with Crippen molar-refractivity contribution in [2.45, 2.75) is 5.41 Å². The lowest BCUT2D eigenvalue weighted by Gasteiger charge is -2.31. The maximum absolute atomic E-state index is 2.47. The van der Waals surface area contributed by atoms with Gasteiger partial charge in [0.1, 0.15) is 0 Å². The Hall–Kier alpha value is -7.00. The van der Waals surface area contributed by atoms with Gasteiger partial charge in [-0.2, -0.15) is 0 Å². The van der Waals surface area contributed by atoms with E-state index in [0.29, 0.717) is 0 Å². The molecule has 0 unspecified atom stereocenters. The van der Waals surface area contributed by atoms with Crippen molar-refractivity contribution < 1.29 is 0 Å². The van der Waals surface area contributed by atoms with Gasteiger partial charge in [-0.3, -0.25) is 0 Å². The quantitative estimate of drug-likeness (QED) is 0.170. The Morgan fingerprint density at radius 3 is 1.56 bits per heavy atom. The monoisotopic (exact) mass is 741 g/mol. The van der Waals surface area contributed by atoms with Crippen LogP contribution in [-0.2, 0) is 5.41 Å². The van der Waals surface area contributed by atoms with Crippen LogP contribution in [0.5, 0.6) is 0 Å². The van der Waals surface area contributed by atoms with E-state index in [9.17, 15) is 0 Å². The first-order chi connectivity index (χ1) is 28.3. The number of rotatable bonds is 5. The SMILES string of the molecule is c1ccc(-c2ccc(N(c3ccc4c(c3)-c3ccccc3C43c4ccccc4-c4ccccc43)c3ccccc3-c3cccc4c3sc3ccccc34)cc2)cc1. The first-order valence-electron chi connectivity index (χ1n) is 19.7. The lowest BCUT2D eigenvalue weighted by atomic mass is 9.70. The van der Waals surface area contributed by atoms with Gasteiger partial charge in [0.25, 0.3) is 0 Å². The molecule has 0 amide bonds. The first-order valence-corrected chi connectivity index (χ1v) is 20.5. The van der Waals surface area contributed by atoms with Crippen LogP contribution >= 0.6 is 11.3 Å². The summed E-state index contributed by atoms with van der Waals surface area (Å²) in [5.74, 6) is 0. The fourth-order valence-electron chi connectivity index (χ4n) is 9.94. The summed E-state index contributed by atoms with van der Waals surface area (Å²) in [5, 5.41) is 2.62. The third-order valence-electron chi connectivity index (χ3n) is 12.3. The normalized spacial score (nSPS) is 13.1. The molecule has 0 N–H and O–H groups in total. The number of thiophene rings is 1. The van der Waals surface area contributed by atoms with E-state index in [1.54, 1.807) is 0 Å². The Kier molecular flexibility index (Phi) is 7.08. The predicted molar refractivity (Wildman–Crippen MR) is 241 cm³/mol. The largest absolute Gasteiger partial charge is 0.310 e. The zero-order valence-corrected chi connectivity index (χ0v) is 31.9. The molecule has 9 aromatic carbocycles. The third kappa shape index (κ3) is 4.62. The van der Waals surface area contributed by atoms with Gasteiger partial charge < -0.3 is 4.90 Å². The van der Waals surface area contributed by atoms with Crippen molar-refractivity contribution >= 4 is 48.6 Å². The van der Waals surface area contributed by atoms with Gasteiger partial charge in [0.15, 0.2) is 0 Å². The van der Waals surface area contributed by atoms with Crippen molar-refractivity contribution in [3.63, 3.8) is 0 Å². The van der Waals surface area contributed by atoms with Crippen molar-refractivity contribution in [1.29, 1.82) is 0 Å². The lowest BCUT2D eigenvalue weighted by Crippen LogP contribution is -2.25. The maximum atomic E-state index is 2.47. The van der Waals surface area contributed by atoms with Crippen molar-refractivity contribution in [3.8, 4) is 44.5 Å². The second-order valence-electron chi connectivity index (χ2n) is 15.2. The Bertz CT molecular complexity index is 3140. The molecular formula is C55H35NS. The Morgan fingerprint density at radius 2 is 0.842 bits per heavy atom.